The third-order valence-electron chi connectivity index (χ3n) is 1.58. The van der Waals surface area contributed by atoms with Crippen LogP contribution in [0.25, 0.3) is 10.3 Å². The van der Waals surface area contributed by atoms with Gasteiger partial charge >= 0.3 is 0 Å². The molecule has 4 nitrogen and oxygen atoms in total. The Morgan fingerprint density at radius 1 is 1.46 bits per heavy atom. The first-order valence-electron chi connectivity index (χ1n) is 3.87. The van der Waals surface area contributed by atoms with E-state index in [1.807, 2.05) is 6.92 Å². The van der Waals surface area contributed by atoms with Crippen LogP contribution in [0.2, 0.25) is 0 Å². The van der Waals surface area contributed by atoms with Gasteiger partial charge in [0.25, 0.3) is 0 Å². The standard InChI is InChI=1S/C8H9N3OS/c1-5-9-3-6-8(10-5)13-7(11-6)4-12-2/h3H,4H2,1-2H3. The molecule has 0 aliphatic rings. The Morgan fingerprint density at radius 2 is 2.31 bits per heavy atom. The predicted molar refractivity (Wildman–Crippen MR) is 50.7 cm³/mol. The van der Waals surface area contributed by atoms with Gasteiger partial charge in [-0.1, -0.05) is 11.3 Å². The zero-order valence-electron chi connectivity index (χ0n) is 7.44. The quantitative estimate of drug-likeness (QED) is 0.729. The molecule has 0 spiro atoms. The molecule has 0 atom stereocenters. The number of aromatic nitrogens is 3. The lowest BCUT2D eigenvalue weighted by Gasteiger charge is -1.87. The molecule has 2 heterocycles. The molecule has 2 rings (SSSR count). The van der Waals surface area contributed by atoms with Gasteiger partial charge in [0.05, 0.1) is 12.8 Å². The van der Waals surface area contributed by atoms with Crippen LogP contribution in [0.3, 0.4) is 0 Å². The molecule has 0 aromatic carbocycles. The monoisotopic (exact) mass is 195 g/mol. The average molecular weight is 195 g/mol. The van der Waals surface area contributed by atoms with E-state index in [1.165, 1.54) is 0 Å². The van der Waals surface area contributed by atoms with Crippen molar-refractivity contribution in [3.05, 3.63) is 17.0 Å². The van der Waals surface area contributed by atoms with Crippen molar-refractivity contribution in [3.8, 4) is 0 Å². The van der Waals surface area contributed by atoms with Crippen molar-refractivity contribution in [1.82, 2.24) is 15.0 Å². The minimum absolute atomic E-state index is 0.542. The summed E-state index contributed by atoms with van der Waals surface area (Å²) in [6.45, 7) is 2.41. The highest BCUT2D eigenvalue weighted by atomic mass is 32.1. The van der Waals surface area contributed by atoms with E-state index in [9.17, 15) is 0 Å². The summed E-state index contributed by atoms with van der Waals surface area (Å²) in [7, 11) is 1.66. The first-order valence-corrected chi connectivity index (χ1v) is 4.69. The van der Waals surface area contributed by atoms with Gasteiger partial charge in [-0.05, 0) is 6.92 Å². The van der Waals surface area contributed by atoms with Crippen LogP contribution >= 0.6 is 11.3 Å². The summed E-state index contributed by atoms with van der Waals surface area (Å²) < 4.78 is 4.99. The first kappa shape index (κ1) is 8.52. The van der Waals surface area contributed by atoms with Gasteiger partial charge < -0.3 is 4.74 Å². The number of thiazole rings is 1. The van der Waals surface area contributed by atoms with Gasteiger partial charge in [-0.3, -0.25) is 0 Å². The molecule has 0 unspecified atom stereocenters. The van der Waals surface area contributed by atoms with Crippen LogP contribution in [-0.2, 0) is 11.3 Å². The van der Waals surface area contributed by atoms with Crippen LogP contribution < -0.4 is 0 Å². The van der Waals surface area contributed by atoms with E-state index >= 15 is 0 Å². The first-order chi connectivity index (χ1) is 6.29. The molecular formula is C8H9N3OS. The highest BCUT2D eigenvalue weighted by Gasteiger charge is 2.04. The van der Waals surface area contributed by atoms with E-state index in [-0.39, 0.29) is 0 Å². The zero-order chi connectivity index (χ0) is 9.26. The second kappa shape index (κ2) is 3.35. The van der Waals surface area contributed by atoms with Gasteiger partial charge in [0.2, 0.25) is 0 Å². The summed E-state index contributed by atoms with van der Waals surface area (Å²) in [4.78, 5) is 13.6. The van der Waals surface area contributed by atoms with Gasteiger partial charge in [0.15, 0.2) is 0 Å². The maximum atomic E-state index is 4.99. The molecule has 0 fully saturated rings. The summed E-state index contributed by atoms with van der Waals surface area (Å²) in [5.41, 5.74) is 0.850. The molecule has 0 bridgehead atoms. The Labute approximate surface area is 79.6 Å². The molecule has 0 saturated carbocycles. The fourth-order valence-corrected chi connectivity index (χ4v) is 1.97. The molecule has 0 N–H and O–H groups in total. The van der Waals surface area contributed by atoms with E-state index in [0.29, 0.717) is 6.61 Å². The van der Waals surface area contributed by atoms with Gasteiger partial charge in [-0.25, -0.2) is 15.0 Å². The number of nitrogens with zero attached hydrogens (tertiary/aromatic N) is 3. The molecule has 5 heteroatoms. The number of methoxy groups -OCH3 is 1. The summed E-state index contributed by atoms with van der Waals surface area (Å²) in [5, 5.41) is 0.942. The van der Waals surface area contributed by atoms with E-state index < -0.39 is 0 Å². The third kappa shape index (κ3) is 1.66. The number of ether oxygens (including phenoxy) is 1. The summed E-state index contributed by atoms with van der Waals surface area (Å²) in [6.07, 6.45) is 1.74. The van der Waals surface area contributed by atoms with Crippen molar-refractivity contribution in [1.29, 1.82) is 0 Å². The zero-order valence-corrected chi connectivity index (χ0v) is 8.26. The number of hydrogen-bond donors (Lipinski definition) is 0. The van der Waals surface area contributed by atoms with Crippen LogP contribution in [0.15, 0.2) is 6.20 Å². The molecule has 13 heavy (non-hydrogen) atoms. The predicted octanol–water partition coefficient (Wildman–Crippen LogP) is 1.54. The SMILES string of the molecule is COCc1nc2cnc(C)nc2s1. The topological polar surface area (TPSA) is 47.9 Å². The van der Waals surface area contributed by atoms with E-state index in [1.54, 1.807) is 24.6 Å². The van der Waals surface area contributed by atoms with Crippen LogP contribution in [0.1, 0.15) is 10.8 Å². The van der Waals surface area contributed by atoms with E-state index in [0.717, 1.165) is 21.2 Å². The Balaban J connectivity index is 2.49. The second-order valence-electron chi connectivity index (χ2n) is 2.65. The van der Waals surface area contributed by atoms with E-state index in [4.69, 9.17) is 4.74 Å². The highest BCUT2D eigenvalue weighted by molar-refractivity contribution is 7.18. The van der Waals surface area contributed by atoms with Gasteiger partial charge in [-0.2, -0.15) is 0 Å². The molecule has 0 amide bonds. The Kier molecular flexibility index (Phi) is 2.20. The molecule has 0 aliphatic carbocycles. The number of hydrogen-bond acceptors (Lipinski definition) is 5. The summed E-state index contributed by atoms with van der Waals surface area (Å²) in [6, 6.07) is 0. The van der Waals surface area contributed by atoms with Gasteiger partial charge in [0.1, 0.15) is 21.2 Å². The molecule has 2 aromatic heterocycles. The van der Waals surface area contributed by atoms with Crippen molar-refractivity contribution < 1.29 is 4.74 Å². The number of fused-ring (bicyclic) bond motifs is 1. The van der Waals surface area contributed by atoms with E-state index in [2.05, 4.69) is 15.0 Å². The molecular weight excluding hydrogens is 186 g/mol. The minimum atomic E-state index is 0.542. The lowest BCUT2D eigenvalue weighted by Crippen LogP contribution is -1.85. The Bertz CT molecular complexity index is 426. The maximum Gasteiger partial charge on any atom is 0.147 e. The fourth-order valence-electron chi connectivity index (χ4n) is 1.05. The number of rotatable bonds is 2. The van der Waals surface area contributed by atoms with Crippen LogP contribution in [-0.4, -0.2) is 22.1 Å². The second-order valence-corrected chi connectivity index (χ2v) is 3.71. The molecule has 68 valence electrons. The smallest absolute Gasteiger partial charge is 0.147 e. The number of aryl methyl sites for hydroxylation is 1. The Hall–Kier alpha value is -1.07. The highest BCUT2D eigenvalue weighted by Crippen LogP contribution is 2.19. The molecule has 0 radical (unpaired) electrons. The van der Waals surface area contributed by atoms with Crippen LogP contribution in [0.5, 0.6) is 0 Å². The minimum Gasteiger partial charge on any atom is -0.378 e. The molecule has 0 saturated heterocycles. The van der Waals surface area contributed by atoms with Gasteiger partial charge in [0, 0.05) is 7.11 Å². The van der Waals surface area contributed by atoms with Crippen molar-refractivity contribution in [2.45, 2.75) is 13.5 Å². The average Bonchev–Trinajstić information content (AvgIpc) is 2.46. The summed E-state index contributed by atoms with van der Waals surface area (Å²) in [5.74, 6) is 0.778. The van der Waals surface area contributed by atoms with Crippen molar-refractivity contribution in [3.63, 3.8) is 0 Å². The van der Waals surface area contributed by atoms with Crippen molar-refractivity contribution in [2.75, 3.05) is 7.11 Å². The third-order valence-corrected chi connectivity index (χ3v) is 2.52. The van der Waals surface area contributed by atoms with Crippen molar-refractivity contribution in [2.24, 2.45) is 0 Å². The van der Waals surface area contributed by atoms with Gasteiger partial charge in [-0.15, -0.1) is 0 Å². The van der Waals surface area contributed by atoms with Crippen molar-refractivity contribution >= 4 is 21.7 Å². The maximum absolute atomic E-state index is 4.99. The Morgan fingerprint density at radius 3 is 3.08 bits per heavy atom. The van der Waals surface area contributed by atoms with Crippen LogP contribution in [0.4, 0.5) is 0 Å². The fraction of sp³-hybridized carbons (Fsp3) is 0.375. The largest absolute Gasteiger partial charge is 0.378 e. The molecule has 2 aromatic rings. The molecule has 0 aliphatic heterocycles. The lowest BCUT2D eigenvalue weighted by molar-refractivity contribution is 0.184. The summed E-state index contributed by atoms with van der Waals surface area (Å²) >= 11 is 1.55. The normalized spacial score (nSPS) is 10.9. The van der Waals surface area contributed by atoms with Crippen LogP contribution in [0, 0.1) is 6.92 Å². The lowest BCUT2D eigenvalue weighted by atomic mass is 10.5.